The van der Waals surface area contributed by atoms with Gasteiger partial charge < -0.3 is 14.7 Å². The number of carbonyl (C=O) groups is 1. The maximum atomic E-state index is 12.6. The number of aryl methyl sites for hydroxylation is 3. The predicted molar refractivity (Wildman–Crippen MR) is 102 cm³/mol. The summed E-state index contributed by atoms with van der Waals surface area (Å²) < 4.78 is 5.22. The van der Waals surface area contributed by atoms with Gasteiger partial charge in [-0.15, -0.1) is 0 Å². The standard InChI is InChI=1S/C20H27N5O2/c1-2-18-23-20(24-27-18)25-9-5-6-14(13-25)11-22-19(26)16-10-15-7-3-4-8-17(15)21-12-16/h10,12,14H,2-9,11,13H2,1H3,(H,22,26). The molecule has 0 saturated carbocycles. The lowest BCUT2D eigenvalue weighted by Gasteiger charge is -2.31. The van der Waals surface area contributed by atoms with E-state index >= 15 is 0 Å². The van der Waals surface area contributed by atoms with E-state index in [1.807, 2.05) is 13.0 Å². The topological polar surface area (TPSA) is 84.2 Å². The zero-order valence-corrected chi connectivity index (χ0v) is 15.9. The normalized spacial score (nSPS) is 19.6. The molecule has 0 aromatic carbocycles. The molecule has 1 N–H and O–H groups in total. The van der Waals surface area contributed by atoms with Gasteiger partial charge in [0.1, 0.15) is 0 Å². The van der Waals surface area contributed by atoms with Gasteiger partial charge >= 0.3 is 0 Å². The highest BCUT2D eigenvalue weighted by molar-refractivity contribution is 5.94. The van der Waals surface area contributed by atoms with E-state index in [1.54, 1.807) is 6.20 Å². The SMILES string of the molecule is CCc1nc(N2CCCC(CNC(=O)c3cnc4c(c3)CCCC4)C2)no1. The molecule has 1 amide bonds. The molecule has 0 radical (unpaired) electrons. The zero-order valence-electron chi connectivity index (χ0n) is 15.9. The van der Waals surface area contributed by atoms with Gasteiger partial charge in [-0.1, -0.05) is 6.92 Å². The molecule has 0 bridgehead atoms. The van der Waals surface area contributed by atoms with E-state index in [-0.39, 0.29) is 5.91 Å². The number of piperidine rings is 1. The summed E-state index contributed by atoms with van der Waals surface area (Å²) in [5.74, 6) is 1.69. The fourth-order valence-electron chi connectivity index (χ4n) is 3.98. The van der Waals surface area contributed by atoms with Gasteiger partial charge in [-0.3, -0.25) is 9.78 Å². The second kappa shape index (κ2) is 8.06. The molecule has 3 heterocycles. The maximum absolute atomic E-state index is 12.6. The molecule has 27 heavy (non-hydrogen) atoms. The lowest BCUT2D eigenvalue weighted by molar-refractivity contribution is 0.0945. The Labute approximate surface area is 159 Å². The van der Waals surface area contributed by atoms with Gasteiger partial charge in [0, 0.05) is 37.9 Å². The van der Waals surface area contributed by atoms with E-state index in [2.05, 4.69) is 25.3 Å². The van der Waals surface area contributed by atoms with Crippen molar-refractivity contribution >= 4 is 11.9 Å². The van der Waals surface area contributed by atoms with Gasteiger partial charge in [0.15, 0.2) is 0 Å². The highest BCUT2D eigenvalue weighted by atomic mass is 16.5. The minimum Gasteiger partial charge on any atom is -0.352 e. The zero-order chi connectivity index (χ0) is 18.6. The summed E-state index contributed by atoms with van der Waals surface area (Å²) in [5, 5.41) is 7.17. The van der Waals surface area contributed by atoms with E-state index in [0.29, 0.717) is 29.9 Å². The van der Waals surface area contributed by atoms with Gasteiger partial charge in [-0.25, -0.2) is 0 Å². The molecule has 4 rings (SSSR count). The van der Waals surface area contributed by atoms with Crippen molar-refractivity contribution in [3.8, 4) is 0 Å². The second-order valence-electron chi connectivity index (χ2n) is 7.54. The first-order valence-electron chi connectivity index (χ1n) is 10.1. The minimum atomic E-state index is -0.0270. The van der Waals surface area contributed by atoms with Crippen LogP contribution in [0.1, 0.15) is 60.1 Å². The number of amides is 1. The van der Waals surface area contributed by atoms with Crippen molar-refractivity contribution in [1.82, 2.24) is 20.4 Å². The Bertz CT molecular complexity index is 803. The van der Waals surface area contributed by atoms with E-state index in [4.69, 9.17) is 4.52 Å². The first kappa shape index (κ1) is 17.9. The third-order valence-corrected chi connectivity index (χ3v) is 5.54. The molecule has 2 aromatic rings. The molecule has 1 unspecified atom stereocenters. The Kier molecular flexibility index (Phi) is 5.36. The van der Waals surface area contributed by atoms with E-state index in [0.717, 1.165) is 50.9 Å². The van der Waals surface area contributed by atoms with Crippen molar-refractivity contribution in [2.24, 2.45) is 5.92 Å². The van der Waals surface area contributed by atoms with E-state index < -0.39 is 0 Å². The van der Waals surface area contributed by atoms with Crippen LogP contribution in [0.4, 0.5) is 5.95 Å². The smallest absolute Gasteiger partial charge is 0.266 e. The third-order valence-electron chi connectivity index (χ3n) is 5.54. The quantitative estimate of drug-likeness (QED) is 0.872. The number of hydrogen-bond acceptors (Lipinski definition) is 6. The van der Waals surface area contributed by atoms with Crippen LogP contribution in [0.3, 0.4) is 0 Å². The molecule has 7 nitrogen and oxygen atoms in total. The number of hydrogen-bond donors (Lipinski definition) is 1. The highest BCUT2D eigenvalue weighted by Crippen LogP contribution is 2.22. The molecule has 7 heteroatoms. The first-order chi connectivity index (χ1) is 13.2. The van der Waals surface area contributed by atoms with Crippen molar-refractivity contribution < 1.29 is 9.32 Å². The number of carbonyl (C=O) groups excluding carboxylic acids is 1. The third kappa shape index (κ3) is 4.12. The summed E-state index contributed by atoms with van der Waals surface area (Å²) in [4.78, 5) is 23.6. The Morgan fingerprint density at radius 1 is 1.33 bits per heavy atom. The van der Waals surface area contributed by atoms with Gasteiger partial charge in [-0.2, -0.15) is 4.98 Å². The van der Waals surface area contributed by atoms with Crippen molar-refractivity contribution in [2.75, 3.05) is 24.5 Å². The fraction of sp³-hybridized carbons (Fsp3) is 0.600. The number of rotatable bonds is 5. The summed E-state index contributed by atoms with van der Waals surface area (Å²) in [7, 11) is 0. The summed E-state index contributed by atoms with van der Waals surface area (Å²) in [6.07, 6.45) is 9.08. The molecule has 144 valence electrons. The fourth-order valence-corrected chi connectivity index (χ4v) is 3.98. The van der Waals surface area contributed by atoms with Crippen LogP contribution in [0.5, 0.6) is 0 Å². The average molecular weight is 369 g/mol. The Hall–Kier alpha value is -2.44. The summed E-state index contributed by atoms with van der Waals surface area (Å²) in [5.41, 5.74) is 3.07. The van der Waals surface area contributed by atoms with Gasteiger partial charge in [0.05, 0.1) is 5.56 Å². The average Bonchev–Trinajstić information content (AvgIpc) is 3.21. The lowest BCUT2D eigenvalue weighted by Crippen LogP contribution is -2.41. The highest BCUT2D eigenvalue weighted by Gasteiger charge is 2.24. The molecule has 1 atom stereocenters. The van der Waals surface area contributed by atoms with Crippen molar-refractivity contribution in [3.05, 3.63) is 35.0 Å². The van der Waals surface area contributed by atoms with Crippen LogP contribution >= 0.6 is 0 Å². The van der Waals surface area contributed by atoms with Gasteiger partial charge in [0.25, 0.3) is 11.9 Å². The van der Waals surface area contributed by atoms with Crippen LogP contribution in [0.25, 0.3) is 0 Å². The molecule has 1 aliphatic carbocycles. The first-order valence-corrected chi connectivity index (χ1v) is 10.1. The molecule has 0 spiro atoms. The van der Waals surface area contributed by atoms with Crippen LogP contribution in [0.15, 0.2) is 16.8 Å². The van der Waals surface area contributed by atoms with Crippen LogP contribution in [0, 0.1) is 5.92 Å². The van der Waals surface area contributed by atoms with Gasteiger partial charge in [0.2, 0.25) is 5.89 Å². The molecule has 2 aromatic heterocycles. The monoisotopic (exact) mass is 369 g/mol. The van der Waals surface area contributed by atoms with Crippen molar-refractivity contribution in [1.29, 1.82) is 0 Å². The molecule has 2 aliphatic rings. The number of nitrogens with zero attached hydrogens (tertiary/aromatic N) is 4. The number of fused-ring (bicyclic) bond motifs is 1. The summed E-state index contributed by atoms with van der Waals surface area (Å²) >= 11 is 0. The van der Waals surface area contributed by atoms with Crippen LogP contribution in [-0.4, -0.2) is 40.7 Å². The van der Waals surface area contributed by atoms with E-state index in [9.17, 15) is 4.79 Å². The summed E-state index contributed by atoms with van der Waals surface area (Å²) in [6, 6.07) is 2.02. The lowest BCUT2D eigenvalue weighted by atomic mass is 9.95. The molecular formula is C20H27N5O2. The van der Waals surface area contributed by atoms with Crippen LogP contribution < -0.4 is 10.2 Å². The van der Waals surface area contributed by atoms with E-state index in [1.165, 1.54) is 18.4 Å². The Morgan fingerprint density at radius 2 is 2.22 bits per heavy atom. The number of aromatic nitrogens is 3. The largest absolute Gasteiger partial charge is 0.352 e. The van der Waals surface area contributed by atoms with Crippen LogP contribution in [0.2, 0.25) is 0 Å². The van der Waals surface area contributed by atoms with Crippen molar-refractivity contribution in [2.45, 2.75) is 51.9 Å². The minimum absolute atomic E-state index is 0.0270. The number of nitrogens with one attached hydrogen (secondary N) is 1. The van der Waals surface area contributed by atoms with Crippen LogP contribution in [-0.2, 0) is 19.3 Å². The molecule has 1 saturated heterocycles. The Balaban J connectivity index is 1.33. The predicted octanol–water partition coefficient (Wildman–Crippen LogP) is 2.55. The van der Waals surface area contributed by atoms with Crippen molar-refractivity contribution in [3.63, 3.8) is 0 Å². The maximum Gasteiger partial charge on any atom is 0.266 e. The molecular weight excluding hydrogens is 342 g/mol. The molecule has 1 fully saturated rings. The number of pyridine rings is 1. The Morgan fingerprint density at radius 3 is 3.07 bits per heavy atom. The second-order valence-corrected chi connectivity index (χ2v) is 7.54. The summed E-state index contributed by atoms with van der Waals surface area (Å²) in [6.45, 7) is 4.43. The molecule has 1 aliphatic heterocycles. The number of anilines is 1. The van der Waals surface area contributed by atoms with Gasteiger partial charge in [-0.05, 0) is 61.2 Å².